The fraction of sp³-hybridized carbons (Fsp3) is 0.267. The second-order valence-electron chi connectivity index (χ2n) is 8.75. The van der Waals surface area contributed by atoms with Gasteiger partial charge in [-0.25, -0.2) is 0 Å². The minimum atomic E-state index is -0.0606. The second-order valence-corrected chi connectivity index (χ2v) is 10.4. The molecule has 1 aliphatic rings. The van der Waals surface area contributed by atoms with E-state index in [0.717, 1.165) is 35.5 Å². The first kappa shape index (κ1) is 26.0. The molecule has 1 saturated heterocycles. The summed E-state index contributed by atoms with van der Waals surface area (Å²) in [6, 6.07) is 26.0. The Kier molecular flexibility index (Phi) is 9.20. The molecule has 0 radical (unpaired) electrons. The second kappa shape index (κ2) is 12.7. The summed E-state index contributed by atoms with van der Waals surface area (Å²) >= 11 is 6.81. The van der Waals surface area contributed by atoms with Crippen molar-refractivity contribution in [3.05, 3.63) is 100 Å². The number of thioether (sulfide) groups is 1. The number of ether oxygens (including phenoxy) is 2. The predicted octanol–water partition coefficient (Wildman–Crippen LogP) is 7.45. The van der Waals surface area contributed by atoms with Crippen LogP contribution in [0.4, 0.5) is 0 Å². The lowest BCUT2D eigenvalue weighted by atomic mass is 9.99. The number of hydrogen-bond acceptors (Lipinski definition) is 5. The number of carbonyl (C=O) groups excluding carboxylic acids is 1. The maximum absolute atomic E-state index is 12.9. The molecule has 3 aromatic rings. The summed E-state index contributed by atoms with van der Waals surface area (Å²) in [7, 11) is 0. The first-order valence-electron chi connectivity index (χ1n) is 12.3. The third-order valence-corrected chi connectivity index (χ3v) is 7.48. The summed E-state index contributed by atoms with van der Waals surface area (Å²) in [5.41, 5.74) is 3.30. The monoisotopic (exact) mass is 517 g/mol. The molecular formula is C30H31NO3S2. The Balaban J connectivity index is 1.26. The van der Waals surface area contributed by atoms with Crippen molar-refractivity contribution >= 4 is 40.3 Å². The topological polar surface area (TPSA) is 38.8 Å². The van der Waals surface area contributed by atoms with Crippen LogP contribution in [0.3, 0.4) is 0 Å². The Bertz CT molecular complexity index is 1210. The van der Waals surface area contributed by atoms with Crippen molar-refractivity contribution in [2.24, 2.45) is 0 Å². The van der Waals surface area contributed by atoms with Crippen LogP contribution in [0.5, 0.6) is 11.5 Å². The number of carbonyl (C=O) groups is 1. The fourth-order valence-corrected chi connectivity index (χ4v) is 5.07. The number of benzene rings is 3. The SMILES string of the molecule is CCC(C)c1ccc(OCCCOc2cccc(/C=C3\SC(=S)N(Cc4ccccc4)C3=O)c2)cc1. The molecule has 0 aliphatic carbocycles. The molecule has 0 bridgehead atoms. The molecule has 186 valence electrons. The van der Waals surface area contributed by atoms with Gasteiger partial charge >= 0.3 is 0 Å². The molecule has 0 N–H and O–H groups in total. The molecule has 1 atom stereocenters. The van der Waals surface area contributed by atoms with E-state index in [2.05, 4.69) is 26.0 Å². The molecule has 1 unspecified atom stereocenters. The van der Waals surface area contributed by atoms with E-state index in [-0.39, 0.29) is 5.91 Å². The first-order chi connectivity index (χ1) is 17.5. The van der Waals surface area contributed by atoms with E-state index in [0.29, 0.717) is 34.9 Å². The lowest BCUT2D eigenvalue weighted by Gasteiger charge is -2.14. The highest BCUT2D eigenvalue weighted by Gasteiger charge is 2.31. The van der Waals surface area contributed by atoms with Gasteiger partial charge in [0.2, 0.25) is 0 Å². The van der Waals surface area contributed by atoms with Gasteiger partial charge in [0.15, 0.2) is 0 Å². The average Bonchev–Trinajstić information content (AvgIpc) is 3.16. The summed E-state index contributed by atoms with van der Waals surface area (Å²) < 4.78 is 12.4. The standard InChI is InChI=1S/C30H31NO3S2/c1-3-22(2)25-13-15-26(16-14-25)33-17-8-18-34-27-12-7-11-24(19-27)20-28-29(32)31(30(35)36-28)21-23-9-5-4-6-10-23/h4-7,9-16,19-20,22H,3,8,17-18,21H2,1-2H3/b28-20-. The summed E-state index contributed by atoms with van der Waals surface area (Å²) in [6.07, 6.45) is 3.78. The van der Waals surface area contributed by atoms with Crippen LogP contribution in [0, 0.1) is 0 Å². The average molecular weight is 518 g/mol. The summed E-state index contributed by atoms with van der Waals surface area (Å²) in [5, 5.41) is 0. The fourth-order valence-electron chi connectivity index (χ4n) is 3.82. The highest BCUT2D eigenvalue weighted by molar-refractivity contribution is 8.26. The van der Waals surface area contributed by atoms with Crippen molar-refractivity contribution in [1.82, 2.24) is 4.90 Å². The lowest BCUT2D eigenvalue weighted by Crippen LogP contribution is -2.27. The van der Waals surface area contributed by atoms with Gasteiger partial charge in [-0.05, 0) is 59.4 Å². The van der Waals surface area contributed by atoms with Crippen molar-refractivity contribution in [2.75, 3.05) is 13.2 Å². The molecular weight excluding hydrogens is 486 g/mol. The van der Waals surface area contributed by atoms with Gasteiger partial charge in [0.25, 0.3) is 5.91 Å². The molecule has 0 aromatic heterocycles. The third-order valence-electron chi connectivity index (χ3n) is 6.10. The molecule has 0 saturated carbocycles. The first-order valence-corrected chi connectivity index (χ1v) is 13.5. The number of rotatable bonds is 11. The van der Waals surface area contributed by atoms with Crippen molar-refractivity contribution in [1.29, 1.82) is 0 Å². The van der Waals surface area contributed by atoms with Crippen LogP contribution < -0.4 is 9.47 Å². The number of amides is 1. The number of nitrogens with zero attached hydrogens (tertiary/aromatic N) is 1. The number of hydrogen-bond donors (Lipinski definition) is 0. The molecule has 6 heteroatoms. The molecule has 4 nitrogen and oxygen atoms in total. The minimum absolute atomic E-state index is 0.0606. The normalized spacial score (nSPS) is 15.4. The van der Waals surface area contributed by atoms with Crippen LogP contribution in [0.1, 0.15) is 49.3 Å². The van der Waals surface area contributed by atoms with E-state index in [1.165, 1.54) is 17.3 Å². The van der Waals surface area contributed by atoms with Gasteiger partial charge in [-0.15, -0.1) is 0 Å². The summed E-state index contributed by atoms with van der Waals surface area (Å²) in [5.74, 6) is 2.15. The quantitative estimate of drug-likeness (QED) is 0.150. The molecule has 1 amide bonds. The Morgan fingerprint density at radius 3 is 2.39 bits per heavy atom. The van der Waals surface area contributed by atoms with Gasteiger partial charge in [-0.2, -0.15) is 0 Å². The van der Waals surface area contributed by atoms with Crippen molar-refractivity contribution in [3.8, 4) is 11.5 Å². The van der Waals surface area contributed by atoms with Gasteiger partial charge in [0, 0.05) is 6.42 Å². The van der Waals surface area contributed by atoms with Crippen molar-refractivity contribution in [3.63, 3.8) is 0 Å². The van der Waals surface area contributed by atoms with Crippen LogP contribution in [0.2, 0.25) is 0 Å². The largest absolute Gasteiger partial charge is 0.493 e. The molecule has 1 aliphatic heterocycles. The van der Waals surface area contributed by atoms with Gasteiger partial charge in [0.1, 0.15) is 15.8 Å². The van der Waals surface area contributed by atoms with E-state index in [9.17, 15) is 4.79 Å². The van der Waals surface area contributed by atoms with Gasteiger partial charge < -0.3 is 9.47 Å². The molecule has 36 heavy (non-hydrogen) atoms. The van der Waals surface area contributed by atoms with Gasteiger partial charge in [-0.3, -0.25) is 9.69 Å². The molecule has 1 fully saturated rings. The van der Waals surface area contributed by atoms with E-state index in [4.69, 9.17) is 21.7 Å². The van der Waals surface area contributed by atoms with Crippen LogP contribution in [0.25, 0.3) is 6.08 Å². The van der Waals surface area contributed by atoms with Crippen LogP contribution in [-0.4, -0.2) is 28.3 Å². The van der Waals surface area contributed by atoms with Gasteiger partial charge in [0.05, 0.1) is 24.7 Å². The zero-order valence-corrected chi connectivity index (χ0v) is 22.3. The van der Waals surface area contributed by atoms with Crippen molar-refractivity contribution in [2.45, 2.75) is 39.2 Å². The Labute approximate surface area is 223 Å². The van der Waals surface area contributed by atoms with E-state index >= 15 is 0 Å². The minimum Gasteiger partial charge on any atom is -0.493 e. The zero-order valence-electron chi connectivity index (χ0n) is 20.7. The van der Waals surface area contributed by atoms with Crippen LogP contribution in [-0.2, 0) is 11.3 Å². The van der Waals surface area contributed by atoms with E-state index < -0.39 is 0 Å². The van der Waals surface area contributed by atoms with E-state index in [1.54, 1.807) is 4.90 Å². The van der Waals surface area contributed by atoms with Gasteiger partial charge in [-0.1, -0.05) is 92.4 Å². The maximum Gasteiger partial charge on any atom is 0.266 e. The Morgan fingerprint density at radius 2 is 1.67 bits per heavy atom. The van der Waals surface area contributed by atoms with Crippen LogP contribution >= 0.6 is 24.0 Å². The summed E-state index contributed by atoms with van der Waals surface area (Å²) in [6.45, 7) is 6.05. The maximum atomic E-state index is 12.9. The highest BCUT2D eigenvalue weighted by Crippen LogP contribution is 2.34. The van der Waals surface area contributed by atoms with Crippen LogP contribution in [0.15, 0.2) is 83.8 Å². The highest BCUT2D eigenvalue weighted by atomic mass is 32.2. The third kappa shape index (κ3) is 6.99. The summed E-state index contributed by atoms with van der Waals surface area (Å²) in [4.78, 5) is 15.2. The zero-order chi connectivity index (χ0) is 25.3. The van der Waals surface area contributed by atoms with Crippen molar-refractivity contribution < 1.29 is 14.3 Å². The molecule has 1 heterocycles. The smallest absolute Gasteiger partial charge is 0.266 e. The lowest BCUT2D eigenvalue weighted by molar-refractivity contribution is -0.122. The molecule has 4 rings (SSSR count). The van der Waals surface area contributed by atoms with E-state index in [1.807, 2.05) is 72.8 Å². The molecule has 3 aromatic carbocycles. The Hall–Kier alpha value is -3.09. The number of thiocarbonyl (C=S) groups is 1. The predicted molar refractivity (Wildman–Crippen MR) is 152 cm³/mol. The molecule has 0 spiro atoms. The Morgan fingerprint density at radius 1 is 0.944 bits per heavy atom.